The van der Waals surface area contributed by atoms with Gasteiger partial charge in [-0.25, -0.2) is 0 Å². The third kappa shape index (κ3) is 5.03. The fourth-order valence-electron chi connectivity index (χ4n) is 9.13. The Morgan fingerprint density at radius 2 is 0.825 bits per heavy atom. The molecule has 0 aliphatic rings. The largest absolute Gasteiger partial charge is 0.309 e. The molecule has 0 aliphatic carbocycles. The van der Waals surface area contributed by atoms with Crippen molar-refractivity contribution < 1.29 is 0 Å². The second-order valence-corrected chi connectivity index (χ2v) is 16.0. The highest BCUT2D eigenvalue weighted by Crippen LogP contribution is 2.43. The summed E-state index contributed by atoms with van der Waals surface area (Å²) >= 11 is 1.87. The number of fused-ring (bicyclic) bond motifs is 9. The Morgan fingerprint density at radius 3 is 1.67 bits per heavy atom. The lowest BCUT2D eigenvalue weighted by molar-refractivity contribution is 1.18. The molecule has 0 radical (unpaired) electrons. The fraction of sp³-hybridized carbons (Fsp3) is 0. The Bertz CT molecular complexity index is 3510. The standard InChI is InChI=1S/C54H34N2S/c1-3-13-35(14-4-1)36-15-11-18-41(31-36)56-48-22-9-7-19-43(48)45-32-37(25-28-49(45)56)38-26-29-50-47(33-38)54-42(21-12-23-51(54)55(50)40-16-5-2-6-17-40)39-27-30-53-46(34-39)44-20-8-10-24-52(44)57-53/h1-34H. The Labute approximate surface area is 333 Å². The van der Waals surface area contributed by atoms with Crippen LogP contribution in [0.3, 0.4) is 0 Å². The zero-order valence-corrected chi connectivity index (χ0v) is 31.7. The number of nitrogens with zero attached hydrogens (tertiary/aromatic N) is 2. The van der Waals surface area contributed by atoms with Gasteiger partial charge in [-0.05, 0) is 112 Å². The van der Waals surface area contributed by atoms with Gasteiger partial charge in [-0.2, -0.15) is 0 Å². The number of hydrogen-bond donors (Lipinski definition) is 0. The van der Waals surface area contributed by atoms with Gasteiger partial charge in [-0.1, -0.05) is 127 Å². The lowest BCUT2D eigenvalue weighted by atomic mass is 9.96. The van der Waals surface area contributed by atoms with Gasteiger partial charge in [-0.3, -0.25) is 0 Å². The van der Waals surface area contributed by atoms with Gasteiger partial charge in [0.2, 0.25) is 0 Å². The molecule has 0 atom stereocenters. The third-order valence-corrected chi connectivity index (χ3v) is 12.9. The number of para-hydroxylation sites is 2. The minimum absolute atomic E-state index is 1.16. The Hall–Kier alpha value is -7.20. The highest BCUT2D eigenvalue weighted by atomic mass is 32.1. The first kappa shape index (κ1) is 32.1. The van der Waals surface area contributed by atoms with Crippen LogP contribution in [0.1, 0.15) is 0 Å². The summed E-state index contributed by atoms with van der Waals surface area (Å²) in [6.07, 6.45) is 0. The summed E-state index contributed by atoms with van der Waals surface area (Å²) in [6, 6.07) is 75.7. The first-order valence-electron chi connectivity index (χ1n) is 19.5. The zero-order valence-electron chi connectivity index (χ0n) is 30.9. The third-order valence-electron chi connectivity index (χ3n) is 11.7. The molecule has 0 bridgehead atoms. The number of aromatic nitrogens is 2. The van der Waals surface area contributed by atoms with E-state index < -0.39 is 0 Å². The summed E-state index contributed by atoms with van der Waals surface area (Å²) in [7, 11) is 0. The summed E-state index contributed by atoms with van der Waals surface area (Å²) < 4.78 is 7.49. The smallest absolute Gasteiger partial charge is 0.0547 e. The summed E-state index contributed by atoms with van der Waals surface area (Å²) in [5, 5.41) is 7.65. The molecule has 3 heteroatoms. The topological polar surface area (TPSA) is 9.86 Å². The molecule has 3 aromatic heterocycles. The zero-order chi connectivity index (χ0) is 37.5. The van der Waals surface area contributed by atoms with Gasteiger partial charge >= 0.3 is 0 Å². The van der Waals surface area contributed by atoms with Crippen molar-refractivity contribution in [1.29, 1.82) is 0 Å². The van der Waals surface area contributed by atoms with E-state index in [0.717, 1.165) is 11.4 Å². The lowest BCUT2D eigenvalue weighted by Gasteiger charge is -2.11. The van der Waals surface area contributed by atoms with E-state index in [1.807, 2.05) is 11.3 Å². The van der Waals surface area contributed by atoms with Crippen LogP contribution >= 0.6 is 11.3 Å². The maximum atomic E-state index is 2.43. The highest BCUT2D eigenvalue weighted by Gasteiger charge is 2.19. The first-order valence-corrected chi connectivity index (χ1v) is 20.3. The molecule has 0 N–H and O–H groups in total. The van der Waals surface area contributed by atoms with Crippen LogP contribution in [0.4, 0.5) is 0 Å². The average Bonchev–Trinajstić information content (AvgIpc) is 3.94. The van der Waals surface area contributed by atoms with Crippen LogP contribution in [0.15, 0.2) is 206 Å². The summed E-state index contributed by atoms with van der Waals surface area (Å²) in [6.45, 7) is 0. The normalized spacial score (nSPS) is 11.9. The van der Waals surface area contributed by atoms with Crippen LogP contribution in [0.25, 0.3) is 109 Å². The molecule has 0 saturated carbocycles. The molecule has 3 heterocycles. The first-order chi connectivity index (χ1) is 28.3. The van der Waals surface area contributed by atoms with E-state index in [1.54, 1.807) is 0 Å². The van der Waals surface area contributed by atoms with Crippen molar-refractivity contribution in [3.05, 3.63) is 206 Å². The van der Waals surface area contributed by atoms with E-state index in [9.17, 15) is 0 Å². The number of thiophene rings is 1. The van der Waals surface area contributed by atoms with E-state index in [-0.39, 0.29) is 0 Å². The predicted molar refractivity (Wildman–Crippen MR) is 244 cm³/mol. The second-order valence-electron chi connectivity index (χ2n) is 14.9. The second kappa shape index (κ2) is 12.7. The van der Waals surface area contributed by atoms with Crippen LogP contribution in [-0.4, -0.2) is 9.13 Å². The quantitative estimate of drug-likeness (QED) is 0.166. The molecular formula is C54H34N2S. The predicted octanol–water partition coefficient (Wildman–Crippen LogP) is 15.2. The highest BCUT2D eigenvalue weighted by molar-refractivity contribution is 7.25. The Morgan fingerprint density at radius 1 is 0.281 bits per heavy atom. The minimum atomic E-state index is 1.16. The van der Waals surface area contributed by atoms with E-state index in [1.165, 1.54) is 97.2 Å². The molecule has 0 saturated heterocycles. The van der Waals surface area contributed by atoms with Crippen molar-refractivity contribution in [3.63, 3.8) is 0 Å². The van der Waals surface area contributed by atoms with Crippen LogP contribution in [-0.2, 0) is 0 Å². The molecule has 0 unspecified atom stereocenters. The van der Waals surface area contributed by atoms with Crippen molar-refractivity contribution in [2.75, 3.05) is 0 Å². The summed E-state index contributed by atoms with van der Waals surface area (Å²) in [5.41, 5.74) is 14.4. The van der Waals surface area contributed by atoms with Crippen molar-refractivity contribution >= 4 is 75.1 Å². The molecule has 0 aliphatic heterocycles. The van der Waals surface area contributed by atoms with Gasteiger partial charge in [0.25, 0.3) is 0 Å². The van der Waals surface area contributed by atoms with Gasteiger partial charge < -0.3 is 9.13 Å². The number of rotatable bonds is 5. The van der Waals surface area contributed by atoms with E-state index in [4.69, 9.17) is 0 Å². The molecule has 12 rings (SSSR count). The van der Waals surface area contributed by atoms with Gasteiger partial charge in [0.1, 0.15) is 0 Å². The molecule has 266 valence electrons. The molecule has 57 heavy (non-hydrogen) atoms. The van der Waals surface area contributed by atoms with Crippen molar-refractivity contribution in [1.82, 2.24) is 9.13 Å². The van der Waals surface area contributed by atoms with Gasteiger partial charge in [-0.15, -0.1) is 11.3 Å². The van der Waals surface area contributed by atoms with E-state index in [0.29, 0.717) is 0 Å². The molecule has 2 nitrogen and oxygen atoms in total. The van der Waals surface area contributed by atoms with E-state index in [2.05, 4.69) is 215 Å². The molecule has 0 spiro atoms. The van der Waals surface area contributed by atoms with Crippen molar-refractivity contribution in [2.45, 2.75) is 0 Å². The van der Waals surface area contributed by atoms with Gasteiger partial charge in [0.05, 0.1) is 22.1 Å². The lowest BCUT2D eigenvalue weighted by Crippen LogP contribution is -1.94. The fourth-order valence-corrected chi connectivity index (χ4v) is 10.2. The van der Waals surface area contributed by atoms with Crippen molar-refractivity contribution in [3.8, 4) is 44.8 Å². The number of benzene rings is 9. The monoisotopic (exact) mass is 742 g/mol. The maximum absolute atomic E-state index is 2.43. The molecule has 9 aromatic carbocycles. The molecule has 12 aromatic rings. The van der Waals surface area contributed by atoms with Crippen LogP contribution in [0, 0.1) is 0 Å². The van der Waals surface area contributed by atoms with Gasteiger partial charge in [0, 0.05) is 53.1 Å². The number of hydrogen-bond acceptors (Lipinski definition) is 1. The van der Waals surface area contributed by atoms with Crippen LogP contribution in [0.2, 0.25) is 0 Å². The Balaban J connectivity index is 1.07. The van der Waals surface area contributed by atoms with E-state index >= 15 is 0 Å². The van der Waals surface area contributed by atoms with Crippen LogP contribution < -0.4 is 0 Å². The molecular weight excluding hydrogens is 709 g/mol. The van der Waals surface area contributed by atoms with Crippen LogP contribution in [0.5, 0.6) is 0 Å². The van der Waals surface area contributed by atoms with Crippen molar-refractivity contribution in [2.24, 2.45) is 0 Å². The summed E-state index contributed by atoms with van der Waals surface area (Å²) in [5.74, 6) is 0. The average molecular weight is 743 g/mol. The minimum Gasteiger partial charge on any atom is -0.309 e. The maximum Gasteiger partial charge on any atom is 0.0547 e. The Kier molecular flexibility index (Phi) is 7.13. The molecule has 0 fully saturated rings. The van der Waals surface area contributed by atoms with Gasteiger partial charge in [0.15, 0.2) is 0 Å². The summed E-state index contributed by atoms with van der Waals surface area (Å²) in [4.78, 5) is 0. The SMILES string of the molecule is c1ccc(-c2cccc(-n3c4ccccc4c4cc(-c5ccc6c(c5)c5c(-c7ccc8sc9ccccc9c8c7)cccc5n6-c5ccccc5)ccc43)c2)cc1. The molecule has 0 amide bonds.